The summed E-state index contributed by atoms with van der Waals surface area (Å²) in [6, 6.07) is 16.3. The molecule has 0 spiro atoms. The highest BCUT2D eigenvalue weighted by molar-refractivity contribution is 5.99. The van der Waals surface area contributed by atoms with Gasteiger partial charge in [0.1, 0.15) is 0 Å². The summed E-state index contributed by atoms with van der Waals surface area (Å²) in [6.07, 6.45) is 6.58. The highest BCUT2D eigenvalue weighted by atomic mass is 16.2. The van der Waals surface area contributed by atoms with Crippen molar-refractivity contribution in [2.24, 2.45) is 0 Å². The maximum Gasteiger partial charge on any atom is 0.254 e. The van der Waals surface area contributed by atoms with Crippen LogP contribution in [0, 0.1) is 0 Å². The molecule has 0 atom stereocenters. The molecule has 2 aromatic carbocycles. The number of amides is 1. The molecule has 2 aromatic heterocycles. The fourth-order valence-electron chi connectivity index (χ4n) is 3.97. The van der Waals surface area contributed by atoms with Crippen LogP contribution < -0.4 is 0 Å². The molecule has 5 rings (SSSR count). The van der Waals surface area contributed by atoms with Crippen LogP contribution in [0.3, 0.4) is 0 Å². The first-order valence-corrected chi connectivity index (χ1v) is 10.00. The summed E-state index contributed by atoms with van der Waals surface area (Å²) in [5.74, 6) is 0.0784. The molecule has 1 aliphatic heterocycles. The van der Waals surface area contributed by atoms with Gasteiger partial charge in [-0.05, 0) is 53.1 Å². The molecule has 4 aromatic rings. The average Bonchev–Trinajstić information content (AvgIpc) is 3.27. The number of aromatic nitrogens is 3. The van der Waals surface area contributed by atoms with Crippen LogP contribution in [0.25, 0.3) is 21.9 Å². The molecule has 0 N–H and O–H groups in total. The van der Waals surface area contributed by atoms with Crippen molar-refractivity contribution < 1.29 is 4.79 Å². The minimum Gasteiger partial charge on any atom is -0.334 e. The molecule has 5 heteroatoms. The lowest BCUT2D eigenvalue weighted by atomic mass is 10.0. The third-order valence-electron chi connectivity index (χ3n) is 5.63. The van der Waals surface area contributed by atoms with Crippen molar-refractivity contribution >= 4 is 16.7 Å². The molecule has 0 fully saturated rings. The summed E-state index contributed by atoms with van der Waals surface area (Å²) in [6.45, 7) is 4.27. The van der Waals surface area contributed by atoms with Crippen molar-refractivity contribution in [2.45, 2.75) is 26.4 Å². The number of hydrogen-bond donors (Lipinski definition) is 0. The Hall–Kier alpha value is -3.47. The number of aryl methyl sites for hydroxylation is 1. The lowest BCUT2D eigenvalue weighted by molar-refractivity contribution is 0.0733. The molecule has 0 aliphatic carbocycles. The van der Waals surface area contributed by atoms with E-state index in [0.717, 1.165) is 51.7 Å². The molecule has 144 valence electrons. The number of carbonyl (C=O) groups is 1. The normalized spacial score (nSPS) is 13.5. The molecule has 1 aliphatic rings. The van der Waals surface area contributed by atoms with E-state index in [1.54, 1.807) is 0 Å². The van der Waals surface area contributed by atoms with Gasteiger partial charge in [-0.3, -0.25) is 14.5 Å². The number of fused-ring (bicyclic) bond motifs is 2. The maximum absolute atomic E-state index is 13.1. The molecule has 5 nitrogen and oxygen atoms in total. The smallest absolute Gasteiger partial charge is 0.254 e. The summed E-state index contributed by atoms with van der Waals surface area (Å²) < 4.78 is 1.92. The fourth-order valence-corrected chi connectivity index (χ4v) is 3.97. The van der Waals surface area contributed by atoms with Crippen molar-refractivity contribution in [2.75, 3.05) is 6.54 Å². The zero-order valence-electron chi connectivity index (χ0n) is 16.4. The molecular weight excluding hydrogens is 360 g/mol. The molecule has 29 heavy (non-hydrogen) atoms. The lowest BCUT2D eigenvalue weighted by Gasteiger charge is -2.28. The second kappa shape index (κ2) is 7.17. The van der Waals surface area contributed by atoms with Gasteiger partial charge in [-0.1, -0.05) is 24.3 Å². The third kappa shape index (κ3) is 3.29. The molecule has 1 amide bonds. The van der Waals surface area contributed by atoms with Crippen LogP contribution in [0.1, 0.15) is 28.5 Å². The van der Waals surface area contributed by atoms with Gasteiger partial charge in [0.25, 0.3) is 5.91 Å². The van der Waals surface area contributed by atoms with E-state index in [9.17, 15) is 4.79 Å². The number of hydrogen-bond acceptors (Lipinski definition) is 3. The van der Waals surface area contributed by atoms with E-state index < -0.39 is 0 Å². The first kappa shape index (κ1) is 17.6. The van der Waals surface area contributed by atoms with Crippen LogP contribution in [0.2, 0.25) is 0 Å². The van der Waals surface area contributed by atoms with Crippen LogP contribution in [0.15, 0.2) is 67.1 Å². The number of benzene rings is 2. The van der Waals surface area contributed by atoms with Gasteiger partial charge in [-0.15, -0.1) is 0 Å². The Morgan fingerprint density at radius 3 is 2.79 bits per heavy atom. The van der Waals surface area contributed by atoms with Crippen LogP contribution in [-0.2, 0) is 19.5 Å². The monoisotopic (exact) mass is 382 g/mol. The number of carbonyl (C=O) groups excluding carboxylic acids is 1. The summed E-state index contributed by atoms with van der Waals surface area (Å²) in [7, 11) is 0. The van der Waals surface area contributed by atoms with Crippen molar-refractivity contribution in [3.05, 3.63) is 83.9 Å². The summed E-state index contributed by atoms with van der Waals surface area (Å²) in [4.78, 5) is 19.4. The van der Waals surface area contributed by atoms with Gasteiger partial charge in [0, 0.05) is 55.3 Å². The van der Waals surface area contributed by atoms with Gasteiger partial charge in [0.15, 0.2) is 0 Å². The van der Waals surface area contributed by atoms with Crippen molar-refractivity contribution in [3.63, 3.8) is 0 Å². The highest BCUT2D eigenvalue weighted by Gasteiger charge is 2.22. The first-order valence-electron chi connectivity index (χ1n) is 10.00. The Labute approximate surface area is 169 Å². The quantitative estimate of drug-likeness (QED) is 0.530. The summed E-state index contributed by atoms with van der Waals surface area (Å²) in [5, 5.41) is 6.55. The molecule has 3 heterocycles. The molecule has 0 saturated carbocycles. The number of rotatable bonds is 3. The average molecular weight is 382 g/mol. The van der Waals surface area contributed by atoms with Gasteiger partial charge < -0.3 is 4.90 Å². The first-order chi connectivity index (χ1) is 14.2. The van der Waals surface area contributed by atoms with E-state index in [-0.39, 0.29) is 5.91 Å². The second-order valence-electron chi connectivity index (χ2n) is 7.45. The zero-order valence-corrected chi connectivity index (χ0v) is 16.4. The Balaban J connectivity index is 1.41. The molecule has 0 unspecified atom stereocenters. The van der Waals surface area contributed by atoms with E-state index >= 15 is 0 Å². The number of nitrogens with zero attached hydrogens (tertiary/aromatic N) is 4. The second-order valence-corrected chi connectivity index (χ2v) is 7.45. The summed E-state index contributed by atoms with van der Waals surface area (Å²) in [5.41, 5.74) is 5.22. The van der Waals surface area contributed by atoms with E-state index in [1.165, 1.54) is 0 Å². The van der Waals surface area contributed by atoms with Crippen LogP contribution >= 0.6 is 0 Å². The van der Waals surface area contributed by atoms with Gasteiger partial charge in [0.05, 0.1) is 6.20 Å². The van der Waals surface area contributed by atoms with Crippen molar-refractivity contribution in [1.29, 1.82) is 0 Å². The molecule has 0 saturated heterocycles. The van der Waals surface area contributed by atoms with E-state index in [4.69, 9.17) is 0 Å². The largest absolute Gasteiger partial charge is 0.334 e. The Morgan fingerprint density at radius 1 is 1.07 bits per heavy atom. The van der Waals surface area contributed by atoms with Gasteiger partial charge >= 0.3 is 0 Å². The topological polar surface area (TPSA) is 51.0 Å². The van der Waals surface area contributed by atoms with Gasteiger partial charge in [-0.2, -0.15) is 5.10 Å². The minimum atomic E-state index is 0.0784. The van der Waals surface area contributed by atoms with E-state index in [1.807, 2.05) is 46.2 Å². The minimum absolute atomic E-state index is 0.0784. The number of pyridine rings is 1. The van der Waals surface area contributed by atoms with Crippen LogP contribution in [0.4, 0.5) is 0 Å². The highest BCUT2D eigenvalue weighted by Crippen LogP contribution is 2.26. The Bertz CT molecular complexity index is 1210. The SMILES string of the molecule is CCn1cc(-c2ccc3cc(C(=O)N4CCc5ncccc5C4)ccc3c2)cn1. The molecular formula is C24H22N4O. The van der Waals surface area contributed by atoms with Crippen LogP contribution in [0.5, 0.6) is 0 Å². The zero-order chi connectivity index (χ0) is 19.8. The van der Waals surface area contributed by atoms with E-state index in [0.29, 0.717) is 13.1 Å². The molecule has 0 radical (unpaired) electrons. The predicted molar refractivity (Wildman–Crippen MR) is 114 cm³/mol. The Morgan fingerprint density at radius 2 is 1.93 bits per heavy atom. The van der Waals surface area contributed by atoms with E-state index in [2.05, 4.69) is 47.5 Å². The third-order valence-corrected chi connectivity index (χ3v) is 5.63. The maximum atomic E-state index is 13.1. The molecule has 0 bridgehead atoms. The fraction of sp³-hybridized carbons (Fsp3) is 0.208. The van der Waals surface area contributed by atoms with Crippen molar-refractivity contribution in [3.8, 4) is 11.1 Å². The van der Waals surface area contributed by atoms with Gasteiger partial charge in [-0.25, -0.2) is 0 Å². The van der Waals surface area contributed by atoms with Gasteiger partial charge in [0.2, 0.25) is 0 Å². The van der Waals surface area contributed by atoms with Crippen molar-refractivity contribution in [1.82, 2.24) is 19.7 Å². The summed E-state index contributed by atoms with van der Waals surface area (Å²) >= 11 is 0. The van der Waals surface area contributed by atoms with Crippen LogP contribution in [-0.4, -0.2) is 32.1 Å². The Kier molecular flexibility index (Phi) is 4.35. The predicted octanol–water partition coefficient (Wildman–Crippen LogP) is 4.32. The lowest BCUT2D eigenvalue weighted by Crippen LogP contribution is -2.36. The standard InChI is InChI=1S/C24H22N4O/c1-2-28-16-22(14-26-28)19-6-5-18-13-20(8-7-17(18)12-19)24(29)27-11-9-23-21(15-27)4-3-10-25-23/h3-8,10,12-14,16H,2,9,11,15H2,1H3.